The number of hydrogen-bond acceptors (Lipinski definition) is 3. The summed E-state index contributed by atoms with van der Waals surface area (Å²) in [6.45, 7) is 0. The van der Waals surface area contributed by atoms with Gasteiger partial charge in [0, 0.05) is 16.9 Å². The van der Waals surface area contributed by atoms with E-state index in [2.05, 4.69) is 5.73 Å². The van der Waals surface area contributed by atoms with Crippen molar-refractivity contribution in [2.24, 2.45) is 5.73 Å². The van der Waals surface area contributed by atoms with Crippen LogP contribution in [0.3, 0.4) is 0 Å². The van der Waals surface area contributed by atoms with Crippen LogP contribution in [0.5, 0.6) is 0 Å². The van der Waals surface area contributed by atoms with Crippen LogP contribution in [-0.4, -0.2) is 11.6 Å². The van der Waals surface area contributed by atoms with Crippen molar-refractivity contribution < 1.29 is 4.55 Å². The Hall–Kier alpha value is -0.510. The topological polar surface area (TPSA) is 46.2 Å². The zero-order valence-electron chi connectivity index (χ0n) is 5.82. The van der Waals surface area contributed by atoms with Gasteiger partial charge in [-0.1, -0.05) is 18.2 Å². The first-order valence-electron chi connectivity index (χ1n) is 2.87. The largest absolute Gasteiger partial charge is 0.333 e. The van der Waals surface area contributed by atoms with Gasteiger partial charge in [0.25, 0.3) is 0 Å². The standard InChI is InChI=1S/C6H6OS.CH5N/c7-8-6-4-2-1-3-5-6;1-2/h1-5,7H;2H2,1H3. The molecule has 0 heterocycles. The molecule has 0 aliphatic carbocycles. The van der Waals surface area contributed by atoms with E-state index in [1.807, 2.05) is 30.3 Å². The zero-order valence-corrected chi connectivity index (χ0v) is 6.64. The molecule has 0 amide bonds. The highest BCUT2D eigenvalue weighted by Gasteiger charge is 1.82. The van der Waals surface area contributed by atoms with E-state index in [1.54, 1.807) is 0 Å². The molecule has 1 aromatic carbocycles. The normalized spacial score (nSPS) is 7.90. The van der Waals surface area contributed by atoms with Crippen molar-refractivity contribution >= 4 is 12.0 Å². The van der Waals surface area contributed by atoms with E-state index in [1.165, 1.54) is 7.05 Å². The van der Waals surface area contributed by atoms with Gasteiger partial charge in [0.05, 0.1) is 0 Å². The average Bonchev–Trinajstić information content (AvgIpc) is 2.10. The van der Waals surface area contributed by atoms with Crippen molar-refractivity contribution in [1.29, 1.82) is 0 Å². The molecule has 56 valence electrons. The Morgan fingerprint density at radius 1 is 1.20 bits per heavy atom. The van der Waals surface area contributed by atoms with Crippen molar-refractivity contribution in [3.63, 3.8) is 0 Å². The van der Waals surface area contributed by atoms with E-state index >= 15 is 0 Å². The van der Waals surface area contributed by atoms with Crippen LogP contribution in [0.2, 0.25) is 0 Å². The molecular weight excluding hydrogens is 146 g/mol. The minimum Gasteiger partial charge on any atom is -0.333 e. The number of benzene rings is 1. The fourth-order valence-corrected chi connectivity index (χ4v) is 0.760. The highest BCUT2D eigenvalue weighted by Crippen LogP contribution is 2.10. The molecule has 0 aliphatic rings. The Kier molecular flexibility index (Phi) is 6.27. The first-order valence-corrected chi connectivity index (χ1v) is 3.65. The molecule has 0 spiro atoms. The summed E-state index contributed by atoms with van der Waals surface area (Å²) in [6.07, 6.45) is 0. The molecule has 0 fully saturated rings. The predicted octanol–water partition coefficient (Wildman–Crippen LogP) is 1.83. The van der Waals surface area contributed by atoms with Gasteiger partial charge in [0.2, 0.25) is 0 Å². The molecule has 1 aromatic rings. The molecule has 0 aliphatic heterocycles. The second kappa shape index (κ2) is 6.61. The molecule has 0 aromatic heterocycles. The molecule has 1 rings (SSSR count). The lowest BCUT2D eigenvalue weighted by Crippen LogP contribution is -1.69. The summed E-state index contributed by atoms with van der Waals surface area (Å²) in [5.41, 5.74) is 4.50. The summed E-state index contributed by atoms with van der Waals surface area (Å²) in [5.74, 6) is 0. The summed E-state index contributed by atoms with van der Waals surface area (Å²) in [5, 5.41) is 0. The molecule has 10 heavy (non-hydrogen) atoms. The van der Waals surface area contributed by atoms with Crippen LogP contribution in [0.15, 0.2) is 35.2 Å². The highest BCUT2D eigenvalue weighted by atomic mass is 32.2. The first-order chi connectivity index (χ1) is 4.93. The van der Waals surface area contributed by atoms with Gasteiger partial charge in [0.15, 0.2) is 0 Å². The molecule has 3 N–H and O–H groups in total. The zero-order chi connectivity index (χ0) is 7.82. The third-order valence-corrected chi connectivity index (χ3v) is 1.33. The summed E-state index contributed by atoms with van der Waals surface area (Å²) in [6, 6.07) is 9.40. The monoisotopic (exact) mass is 157 g/mol. The van der Waals surface area contributed by atoms with Crippen molar-refractivity contribution in [3.8, 4) is 0 Å². The summed E-state index contributed by atoms with van der Waals surface area (Å²) < 4.78 is 8.45. The van der Waals surface area contributed by atoms with Gasteiger partial charge in [-0.3, -0.25) is 0 Å². The summed E-state index contributed by atoms with van der Waals surface area (Å²) in [7, 11) is 1.50. The minimum atomic E-state index is 0.769. The quantitative estimate of drug-likeness (QED) is 0.611. The van der Waals surface area contributed by atoms with Crippen molar-refractivity contribution in [3.05, 3.63) is 30.3 Å². The molecule has 0 radical (unpaired) electrons. The van der Waals surface area contributed by atoms with Gasteiger partial charge < -0.3 is 10.3 Å². The second-order valence-corrected chi connectivity index (χ2v) is 2.06. The molecule has 0 unspecified atom stereocenters. The molecule has 0 bridgehead atoms. The molecule has 0 saturated carbocycles. The van der Waals surface area contributed by atoms with E-state index in [0.29, 0.717) is 0 Å². The van der Waals surface area contributed by atoms with Gasteiger partial charge in [-0.25, -0.2) is 0 Å². The smallest absolute Gasteiger partial charge is 0.0350 e. The SMILES string of the molecule is CN.OSc1ccccc1. The van der Waals surface area contributed by atoms with Gasteiger partial charge in [-0.2, -0.15) is 0 Å². The minimum absolute atomic E-state index is 0.769. The van der Waals surface area contributed by atoms with E-state index in [9.17, 15) is 0 Å². The Morgan fingerprint density at radius 2 is 1.70 bits per heavy atom. The summed E-state index contributed by atoms with van der Waals surface area (Å²) >= 11 is 0.769. The average molecular weight is 157 g/mol. The lowest BCUT2D eigenvalue weighted by molar-refractivity contribution is 0.664. The maximum atomic E-state index is 8.45. The number of rotatable bonds is 1. The van der Waals surface area contributed by atoms with Crippen LogP contribution in [0.4, 0.5) is 0 Å². The van der Waals surface area contributed by atoms with Crippen LogP contribution in [0.1, 0.15) is 0 Å². The van der Waals surface area contributed by atoms with Gasteiger partial charge in [0.1, 0.15) is 0 Å². The fraction of sp³-hybridized carbons (Fsp3) is 0.143. The van der Waals surface area contributed by atoms with Crippen LogP contribution in [-0.2, 0) is 0 Å². The molecular formula is C7H11NOS. The fourth-order valence-electron chi connectivity index (χ4n) is 0.481. The van der Waals surface area contributed by atoms with Crippen molar-refractivity contribution in [1.82, 2.24) is 0 Å². The second-order valence-electron chi connectivity index (χ2n) is 1.40. The van der Waals surface area contributed by atoms with Crippen LogP contribution < -0.4 is 5.73 Å². The highest BCUT2D eigenvalue weighted by molar-refractivity contribution is 7.93. The van der Waals surface area contributed by atoms with Crippen LogP contribution >= 0.6 is 12.0 Å². The van der Waals surface area contributed by atoms with E-state index in [0.717, 1.165) is 16.9 Å². The number of hydrogen-bond donors (Lipinski definition) is 2. The van der Waals surface area contributed by atoms with E-state index in [-0.39, 0.29) is 0 Å². The van der Waals surface area contributed by atoms with Crippen LogP contribution in [0, 0.1) is 0 Å². The van der Waals surface area contributed by atoms with Gasteiger partial charge >= 0.3 is 0 Å². The predicted molar refractivity (Wildman–Crippen MR) is 45.0 cm³/mol. The Morgan fingerprint density at radius 3 is 2.00 bits per heavy atom. The summed E-state index contributed by atoms with van der Waals surface area (Å²) in [4.78, 5) is 0.882. The van der Waals surface area contributed by atoms with Crippen LogP contribution in [0.25, 0.3) is 0 Å². The molecule has 3 heteroatoms. The van der Waals surface area contributed by atoms with Gasteiger partial charge in [-0.15, -0.1) is 0 Å². The molecule has 2 nitrogen and oxygen atoms in total. The van der Waals surface area contributed by atoms with E-state index in [4.69, 9.17) is 4.55 Å². The Balaban J connectivity index is 0.000000371. The number of nitrogens with two attached hydrogens (primary N) is 1. The van der Waals surface area contributed by atoms with Gasteiger partial charge in [-0.05, 0) is 19.2 Å². The third kappa shape index (κ3) is 3.50. The lowest BCUT2D eigenvalue weighted by atomic mass is 10.4. The molecule has 0 saturated heterocycles. The van der Waals surface area contributed by atoms with Crippen molar-refractivity contribution in [2.75, 3.05) is 7.05 Å². The first kappa shape index (κ1) is 9.49. The molecule has 0 atom stereocenters. The third-order valence-electron chi connectivity index (χ3n) is 0.849. The Labute approximate surface area is 65.3 Å². The lowest BCUT2D eigenvalue weighted by Gasteiger charge is -1.87. The van der Waals surface area contributed by atoms with E-state index < -0.39 is 0 Å². The maximum Gasteiger partial charge on any atom is 0.0350 e. The Bertz CT molecular complexity index is 155. The maximum absolute atomic E-state index is 8.45. The van der Waals surface area contributed by atoms with Crippen molar-refractivity contribution in [2.45, 2.75) is 4.90 Å².